The first kappa shape index (κ1) is 18.6. The van der Waals surface area contributed by atoms with Crippen molar-refractivity contribution in [1.82, 2.24) is 14.5 Å². The summed E-state index contributed by atoms with van der Waals surface area (Å²) in [6.45, 7) is 6.71. The van der Waals surface area contributed by atoms with Crippen molar-refractivity contribution >= 4 is 10.9 Å². The van der Waals surface area contributed by atoms with Crippen LogP contribution in [0.4, 0.5) is 0 Å². The summed E-state index contributed by atoms with van der Waals surface area (Å²) in [5.74, 6) is 0. The van der Waals surface area contributed by atoms with E-state index in [-0.39, 0.29) is 7.43 Å². The number of hydrogen-bond acceptors (Lipinski definition) is 3. The molecule has 1 N–H and O–H groups in total. The molecule has 0 aliphatic carbocycles. The molecule has 1 aliphatic rings. The Labute approximate surface area is 156 Å². The van der Waals surface area contributed by atoms with E-state index in [1.807, 2.05) is 19.1 Å². The molecule has 3 heterocycles. The Hall–Kier alpha value is -2.17. The minimum absolute atomic E-state index is 0. The van der Waals surface area contributed by atoms with Crippen molar-refractivity contribution in [3.05, 3.63) is 64.6 Å². The smallest absolute Gasteiger partial charge is 0.0983 e. The highest BCUT2D eigenvalue weighted by molar-refractivity contribution is 5.86. The third-order valence-corrected chi connectivity index (χ3v) is 5.28. The van der Waals surface area contributed by atoms with Crippen LogP contribution < -0.4 is 0 Å². The minimum atomic E-state index is -0.547. The molecule has 4 nitrogen and oxygen atoms in total. The van der Waals surface area contributed by atoms with E-state index in [1.165, 1.54) is 27.7 Å². The van der Waals surface area contributed by atoms with E-state index in [2.05, 4.69) is 46.6 Å². The molecule has 0 radical (unpaired) electrons. The molecule has 2 aromatic heterocycles. The van der Waals surface area contributed by atoms with Crippen LogP contribution in [0.25, 0.3) is 10.9 Å². The van der Waals surface area contributed by atoms with Gasteiger partial charge < -0.3 is 14.6 Å². The van der Waals surface area contributed by atoms with Gasteiger partial charge in [0.1, 0.15) is 0 Å². The van der Waals surface area contributed by atoms with Crippen molar-refractivity contribution in [2.24, 2.45) is 0 Å². The molecule has 138 valence electrons. The molecule has 0 fully saturated rings. The second-order valence-corrected chi connectivity index (χ2v) is 7.29. The summed E-state index contributed by atoms with van der Waals surface area (Å²) in [5, 5.41) is 12.1. The zero-order valence-corrected chi connectivity index (χ0v) is 15.2. The van der Waals surface area contributed by atoms with Gasteiger partial charge in [0.15, 0.2) is 0 Å². The first-order valence-electron chi connectivity index (χ1n) is 8.92. The van der Waals surface area contributed by atoms with Crippen LogP contribution in [0, 0.1) is 13.8 Å². The van der Waals surface area contributed by atoms with E-state index in [4.69, 9.17) is 0 Å². The van der Waals surface area contributed by atoms with Crippen molar-refractivity contribution in [3.8, 4) is 0 Å². The van der Waals surface area contributed by atoms with Gasteiger partial charge in [0, 0.05) is 53.6 Å². The lowest BCUT2D eigenvalue weighted by Gasteiger charge is -2.25. The third kappa shape index (κ3) is 3.27. The molecule has 0 bridgehead atoms. The standard InChI is InChI=1S/C21H25N3O.CH4/c1-14-4-7-19-17(10-14)18-12-23(3)9-8-20(18)24(19)13-21(25)16-6-5-15(2)22-11-16;/h4-7,10-11,21,25H,8-9,12-13H2,1-3H3;1H4. The van der Waals surface area contributed by atoms with Crippen LogP contribution >= 0.6 is 0 Å². The van der Waals surface area contributed by atoms with Crippen LogP contribution in [0.3, 0.4) is 0 Å². The molecule has 1 aliphatic heterocycles. The van der Waals surface area contributed by atoms with Gasteiger partial charge in [-0.3, -0.25) is 4.98 Å². The first-order valence-corrected chi connectivity index (χ1v) is 8.92. The number of likely N-dealkylation sites (N-methyl/N-ethyl adjacent to an activating group) is 1. The number of fused-ring (bicyclic) bond motifs is 3. The Morgan fingerprint density at radius 2 is 2.00 bits per heavy atom. The number of hydrogen-bond donors (Lipinski definition) is 1. The summed E-state index contributed by atoms with van der Waals surface area (Å²) in [4.78, 5) is 6.69. The van der Waals surface area contributed by atoms with Crippen LogP contribution in [0.1, 0.15) is 41.6 Å². The molecule has 1 unspecified atom stereocenters. The first-order chi connectivity index (χ1) is 12.0. The fourth-order valence-electron chi connectivity index (χ4n) is 3.86. The predicted molar refractivity (Wildman–Crippen MR) is 107 cm³/mol. The maximum Gasteiger partial charge on any atom is 0.0983 e. The van der Waals surface area contributed by atoms with Gasteiger partial charge >= 0.3 is 0 Å². The predicted octanol–water partition coefficient (Wildman–Crippen LogP) is 4.01. The highest BCUT2D eigenvalue weighted by Crippen LogP contribution is 2.32. The molecule has 1 aromatic carbocycles. The Morgan fingerprint density at radius 1 is 1.19 bits per heavy atom. The average Bonchev–Trinajstić information content (AvgIpc) is 2.88. The molecule has 4 rings (SSSR count). The number of benzene rings is 1. The Morgan fingerprint density at radius 3 is 2.73 bits per heavy atom. The zero-order chi connectivity index (χ0) is 17.6. The zero-order valence-electron chi connectivity index (χ0n) is 15.2. The average molecular weight is 351 g/mol. The van der Waals surface area contributed by atoms with Crippen molar-refractivity contribution in [1.29, 1.82) is 0 Å². The summed E-state index contributed by atoms with van der Waals surface area (Å²) in [6, 6.07) is 10.6. The fraction of sp³-hybridized carbons (Fsp3) is 0.409. The molecule has 1 atom stereocenters. The Balaban J connectivity index is 0.00000196. The molecule has 0 saturated carbocycles. The largest absolute Gasteiger partial charge is 0.386 e. The molecule has 26 heavy (non-hydrogen) atoms. The third-order valence-electron chi connectivity index (χ3n) is 5.28. The number of rotatable bonds is 3. The maximum atomic E-state index is 10.8. The summed E-state index contributed by atoms with van der Waals surface area (Å²) in [5.41, 5.74) is 7.15. The van der Waals surface area contributed by atoms with E-state index in [0.29, 0.717) is 6.54 Å². The van der Waals surface area contributed by atoms with Gasteiger partial charge in [-0.1, -0.05) is 25.1 Å². The molecule has 4 heteroatoms. The topological polar surface area (TPSA) is 41.3 Å². The molecule has 0 amide bonds. The lowest BCUT2D eigenvalue weighted by atomic mass is 10.0. The van der Waals surface area contributed by atoms with Gasteiger partial charge in [-0.2, -0.15) is 0 Å². The van der Waals surface area contributed by atoms with Gasteiger partial charge in [-0.05, 0) is 44.7 Å². The molecule has 0 saturated heterocycles. The number of aliphatic hydroxyl groups is 1. The summed E-state index contributed by atoms with van der Waals surface area (Å²) >= 11 is 0. The number of aryl methyl sites for hydroxylation is 2. The van der Waals surface area contributed by atoms with E-state index >= 15 is 0 Å². The second kappa shape index (κ2) is 7.22. The highest BCUT2D eigenvalue weighted by atomic mass is 16.3. The fourth-order valence-corrected chi connectivity index (χ4v) is 3.86. The van der Waals surface area contributed by atoms with E-state index in [0.717, 1.165) is 30.8 Å². The quantitative estimate of drug-likeness (QED) is 0.775. The monoisotopic (exact) mass is 351 g/mol. The van der Waals surface area contributed by atoms with E-state index in [9.17, 15) is 5.11 Å². The lowest BCUT2D eigenvalue weighted by Crippen LogP contribution is -2.27. The highest BCUT2D eigenvalue weighted by Gasteiger charge is 2.23. The Bertz CT molecular complexity index is 911. The normalized spacial score (nSPS) is 15.5. The van der Waals surface area contributed by atoms with Crippen LogP contribution in [-0.2, 0) is 19.5 Å². The number of aliphatic hydroxyl groups excluding tert-OH is 1. The summed E-state index contributed by atoms with van der Waals surface area (Å²) < 4.78 is 2.32. The van der Waals surface area contributed by atoms with Gasteiger partial charge in [0.2, 0.25) is 0 Å². The van der Waals surface area contributed by atoms with Crippen LogP contribution in [0.2, 0.25) is 0 Å². The van der Waals surface area contributed by atoms with E-state index < -0.39 is 6.10 Å². The Kier molecular flexibility index (Phi) is 5.17. The molecule has 0 spiro atoms. The number of aromatic nitrogens is 2. The van der Waals surface area contributed by atoms with Gasteiger partial charge in [0.05, 0.1) is 12.6 Å². The van der Waals surface area contributed by atoms with E-state index in [1.54, 1.807) is 6.20 Å². The summed E-state index contributed by atoms with van der Waals surface area (Å²) in [7, 11) is 2.18. The van der Waals surface area contributed by atoms with Crippen LogP contribution in [0.15, 0.2) is 36.5 Å². The second-order valence-electron chi connectivity index (χ2n) is 7.29. The van der Waals surface area contributed by atoms with Gasteiger partial charge in [-0.15, -0.1) is 0 Å². The summed E-state index contributed by atoms with van der Waals surface area (Å²) in [6.07, 6.45) is 2.27. The maximum absolute atomic E-state index is 10.8. The molecular weight excluding hydrogens is 322 g/mol. The molecular formula is C22H29N3O. The SMILES string of the molecule is C.Cc1ccc2c(c1)c1c(n2CC(O)c2ccc(C)nc2)CCN(C)C1. The van der Waals surface area contributed by atoms with Crippen LogP contribution in [0.5, 0.6) is 0 Å². The van der Waals surface area contributed by atoms with Crippen molar-refractivity contribution in [2.45, 2.75) is 46.9 Å². The van der Waals surface area contributed by atoms with Gasteiger partial charge in [0.25, 0.3) is 0 Å². The number of pyridine rings is 1. The minimum Gasteiger partial charge on any atom is -0.386 e. The number of nitrogens with zero attached hydrogens (tertiary/aromatic N) is 3. The van der Waals surface area contributed by atoms with Crippen LogP contribution in [-0.4, -0.2) is 33.1 Å². The van der Waals surface area contributed by atoms with Crippen molar-refractivity contribution in [2.75, 3.05) is 13.6 Å². The lowest BCUT2D eigenvalue weighted by molar-refractivity contribution is 0.155. The van der Waals surface area contributed by atoms with Crippen molar-refractivity contribution < 1.29 is 5.11 Å². The van der Waals surface area contributed by atoms with Gasteiger partial charge in [-0.25, -0.2) is 0 Å². The molecule has 3 aromatic rings. The van der Waals surface area contributed by atoms with Crippen molar-refractivity contribution in [3.63, 3.8) is 0 Å².